The number of aliphatic hydroxyl groups excluding tert-OH is 1. The monoisotopic (exact) mass is 186 g/mol. The van der Waals surface area contributed by atoms with Crippen molar-refractivity contribution < 1.29 is 5.11 Å². The minimum atomic E-state index is 0.363. The maximum atomic E-state index is 9.32. The van der Waals surface area contributed by atoms with Gasteiger partial charge in [-0.25, -0.2) is 0 Å². The molecule has 2 atom stereocenters. The number of rotatable bonds is 7. The molecule has 1 heteroatoms. The molecule has 0 saturated heterocycles. The van der Waals surface area contributed by atoms with Gasteiger partial charge in [0.1, 0.15) is 0 Å². The predicted molar refractivity (Wildman–Crippen MR) is 58.7 cm³/mol. The van der Waals surface area contributed by atoms with E-state index in [2.05, 4.69) is 27.7 Å². The highest BCUT2D eigenvalue weighted by molar-refractivity contribution is 4.71. The Kier molecular flexibility index (Phi) is 7.35. The topological polar surface area (TPSA) is 20.2 Å². The van der Waals surface area contributed by atoms with Crippen LogP contribution < -0.4 is 0 Å². The molecular formula is C12H26O. The fraction of sp³-hybridized carbons (Fsp3) is 1.00. The number of hydrogen-bond donors (Lipinski definition) is 1. The van der Waals surface area contributed by atoms with Gasteiger partial charge in [-0.2, -0.15) is 0 Å². The smallest absolute Gasteiger partial charge is 0.0464 e. The largest absolute Gasteiger partial charge is 0.396 e. The van der Waals surface area contributed by atoms with Gasteiger partial charge in [0.15, 0.2) is 0 Å². The fourth-order valence-corrected chi connectivity index (χ4v) is 2.26. The van der Waals surface area contributed by atoms with Gasteiger partial charge in [-0.3, -0.25) is 0 Å². The van der Waals surface area contributed by atoms with Crippen LogP contribution in [-0.2, 0) is 0 Å². The molecule has 0 rings (SSSR count). The maximum Gasteiger partial charge on any atom is 0.0464 e. The third-order valence-electron chi connectivity index (χ3n) is 3.16. The Balaban J connectivity index is 3.98. The van der Waals surface area contributed by atoms with E-state index in [4.69, 9.17) is 0 Å². The average molecular weight is 186 g/mol. The summed E-state index contributed by atoms with van der Waals surface area (Å²) in [4.78, 5) is 0. The normalized spacial score (nSPS) is 18.2. The van der Waals surface area contributed by atoms with Crippen molar-refractivity contribution in [1.29, 1.82) is 0 Å². The van der Waals surface area contributed by atoms with Crippen molar-refractivity contribution >= 4 is 0 Å². The van der Waals surface area contributed by atoms with E-state index in [1.165, 1.54) is 25.7 Å². The first-order valence-electron chi connectivity index (χ1n) is 5.78. The van der Waals surface area contributed by atoms with E-state index >= 15 is 0 Å². The molecule has 0 fully saturated rings. The molecule has 0 aromatic heterocycles. The Labute approximate surface area is 83.5 Å². The summed E-state index contributed by atoms with van der Waals surface area (Å²) in [5, 5.41) is 9.32. The van der Waals surface area contributed by atoms with E-state index in [0.29, 0.717) is 24.4 Å². The van der Waals surface area contributed by atoms with Crippen LogP contribution in [0, 0.1) is 17.8 Å². The van der Waals surface area contributed by atoms with Gasteiger partial charge >= 0.3 is 0 Å². The third-order valence-corrected chi connectivity index (χ3v) is 3.16. The second-order valence-corrected chi connectivity index (χ2v) is 4.38. The molecule has 0 saturated carbocycles. The molecule has 2 unspecified atom stereocenters. The summed E-state index contributed by atoms with van der Waals surface area (Å²) in [5.74, 6) is 1.87. The summed E-state index contributed by atoms with van der Waals surface area (Å²) in [7, 11) is 0. The highest BCUT2D eigenvalue weighted by atomic mass is 16.3. The van der Waals surface area contributed by atoms with Crippen molar-refractivity contribution in [2.75, 3.05) is 6.61 Å². The van der Waals surface area contributed by atoms with Crippen LogP contribution in [0.5, 0.6) is 0 Å². The fourth-order valence-electron chi connectivity index (χ4n) is 2.26. The van der Waals surface area contributed by atoms with Gasteiger partial charge in [0.25, 0.3) is 0 Å². The second-order valence-electron chi connectivity index (χ2n) is 4.38. The van der Waals surface area contributed by atoms with Crippen LogP contribution in [-0.4, -0.2) is 11.7 Å². The molecular weight excluding hydrogens is 160 g/mol. The lowest BCUT2D eigenvalue weighted by molar-refractivity contribution is 0.125. The quantitative estimate of drug-likeness (QED) is 0.645. The molecule has 0 aromatic carbocycles. The first-order valence-corrected chi connectivity index (χ1v) is 5.78. The molecule has 80 valence electrons. The van der Waals surface area contributed by atoms with Crippen molar-refractivity contribution in [1.82, 2.24) is 0 Å². The predicted octanol–water partition coefficient (Wildman–Crippen LogP) is 3.47. The SMILES string of the molecule is CCCC(C)C(CO)C(C)CCC. The molecule has 0 heterocycles. The Morgan fingerprint density at radius 2 is 1.31 bits per heavy atom. The summed E-state index contributed by atoms with van der Waals surface area (Å²) < 4.78 is 0. The van der Waals surface area contributed by atoms with Gasteiger partial charge in [0, 0.05) is 6.61 Å². The zero-order valence-electron chi connectivity index (χ0n) is 9.71. The van der Waals surface area contributed by atoms with E-state index in [1.54, 1.807) is 0 Å². The summed E-state index contributed by atoms with van der Waals surface area (Å²) in [5.41, 5.74) is 0. The molecule has 0 aliphatic rings. The maximum absolute atomic E-state index is 9.32. The Bertz CT molecular complexity index is 99.7. The summed E-state index contributed by atoms with van der Waals surface area (Å²) >= 11 is 0. The van der Waals surface area contributed by atoms with Gasteiger partial charge in [0.05, 0.1) is 0 Å². The van der Waals surface area contributed by atoms with Gasteiger partial charge in [0.2, 0.25) is 0 Å². The third kappa shape index (κ3) is 4.66. The molecule has 0 bridgehead atoms. The van der Waals surface area contributed by atoms with E-state index in [1.807, 2.05) is 0 Å². The zero-order chi connectivity index (χ0) is 10.3. The van der Waals surface area contributed by atoms with Crippen LogP contribution in [0.15, 0.2) is 0 Å². The van der Waals surface area contributed by atoms with Gasteiger partial charge < -0.3 is 5.11 Å². The zero-order valence-corrected chi connectivity index (χ0v) is 9.71. The van der Waals surface area contributed by atoms with Crippen molar-refractivity contribution in [2.45, 2.75) is 53.4 Å². The van der Waals surface area contributed by atoms with E-state index in [0.717, 1.165) is 0 Å². The first kappa shape index (κ1) is 13.0. The van der Waals surface area contributed by atoms with E-state index in [-0.39, 0.29) is 0 Å². The summed E-state index contributed by atoms with van der Waals surface area (Å²) in [6.45, 7) is 9.35. The molecule has 0 aliphatic carbocycles. The van der Waals surface area contributed by atoms with Crippen LogP contribution in [0.25, 0.3) is 0 Å². The van der Waals surface area contributed by atoms with Gasteiger partial charge in [-0.15, -0.1) is 0 Å². The molecule has 1 N–H and O–H groups in total. The lowest BCUT2D eigenvalue weighted by Crippen LogP contribution is -2.23. The summed E-state index contributed by atoms with van der Waals surface area (Å²) in [6.07, 6.45) is 4.96. The minimum absolute atomic E-state index is 0.363. The second kappa shape index (κ2) is 7.37. The van der Waals surface area contributed by atoms with E-state index in [9.17, 15) is 5.11 Å². The van der Waals surface area contributed by atoms with E-state index < -0.39 is 0 Å². The summed E-state index contributed by atoms with van der Waals surface area (Å²) in [6, 6.07) is 0. The van der Waals surface area contributed by atoms with Gasteiger partial charge in [-0.1, -0.05) is 53.4 Å². The molecule has 13 heavy (non-hydrogen) atoms. The van der Waals surface area contributed by atoms with Crippen LogP contribution in [0.4, 0.5) is 0 Å². The first-order chi connectivity index (χ1) is 6.17. The molecule has 0 radical (unpaired) electrons. The Morgan fingerprint density at radius 3 is 1.54 bits per heavy atom. The van der Waals surface area contributed by atoms with Crippen molar-refractivity contribution in [2.24, 2.45) is 17.8 Å². The number of hydrogen-bond acceptors (Lipinski definition) is 1. The van der Waals surface area contributed by atoms with Crippen LogP contribution >= 0.6 is 0 Å². The highest BCUT2D eigenvalue weighted by Crippen LogP contribution is 2.27. The Morgan fingerprint density at radius 1 is 0.923 bits per heavy atom. The van der Waals surface area contributed by atoms with Crippen molar-refractivity contribution in [3.05, 3.63) is 0 Å². The molecule has 0 spiro atoms. The van der Waals surface area contributed by atoms with Crippen LogP contribution in [0.3, 0.4) is 0 Å². The standard InChI is InChI=1S/C12H26O/c1-5-7-10(3)12(9-13)11(4)8-6-2/h10-13H,5-9H2,1-4H3. The average Bonchev–Trinajstić information content (AvgIpc) is 2.06. The molecule has 0 aliphatic heterocycles. The Hall–Kier alpha value is -0.0400. The lowest BCUT2D eigenvalue weighted by Gasteiger charge is -2.27. The van der Waals surface area contributed by atoms with Crippen molar-refractivity contribution in [3.8, 4) is 0 Å². The van der Waals surface area contributed by atoms with Crippen molar-refractivity contribution in [3.63, 3.8) is 0 Å². The van der Waals surface area contributed by atoms with Gasteiger partial charge in [-0.05, 0) is 17.8 Å². The lowest BCUT2D eigenvalue weighted by atomic mass is 9.80. The molecule has 0 aromatic rings. The molecule has 1 nitrogen and oxygen atoms in total. The van der Waals surface area contributed by atoms with Crippen LogP contribution in [0.2, 0.25) is 0 Å². The minimum Gasteiger partial charge on any atom is -0.396 e. The van der Waals surface area contributed by atoms with Crippen LogP contribution in [0.1, 0.15) is 53.4 Å². The highest BCUT2D eigenvalue weighted by Gasteiger charge is 2.21. The molecule has 0 amide bonds. The number of aliphatic hydroxyl groups is 1.